The van der Waals surface area contributed by atoms with Crippen molar-refractivity contribution in [2.24, 2.45) is 5.16 Å². The summed E-state index contributed by atoms with van der Waals surface area (Å²) < 4.78 is 15.4. The monoisotopic (exact) mass is 383 g/mol. The maximum Gasteiger partial charge on any atom is 0.377 e. The van der Waals surface area contributed by atoms with Crippen molar-refractivity contribution in [2.75, 3.05) is 14.2 Å². The van der Waals surface area contributed by atoms with Gasteiger partial charge < -0.3 is 19.0 Å². The van der Waals surface area contributed by atoms with Crippen molar-refractivity contribution in [3.63, 3.8) is 0 Å². The summed E-state index contributed by atoms with van der Waals surface area (Å²) in [6.07, 6.45) is 1.94. The van der Waals surface area contributed by atoms with Crippen LogP contribution in [0.15, 0.2) is 65.7 Å². The number of aryl methyl sites for hydroxylation is 1. The van der Waals surface area contributed by atoms with E-state index >= 15 is 0 Å². The second-order valence-corrected chi connectivity index (χ2v) is 5.92. The lowest BCUT2D eigenvalue weighted by atomic mass is 10.1. The van der Waals surface area contributed by atoms with E-state index < -0.39 is 5.97 Å². The number of ether oxygens (including phenoxy) is 3. The van der Waals surface area contributed by atoms with E-state index in [4.69, 9.17) is 19.0 Å². The molecule has 2 aromatic rings. The molecule has 2 rings (SSSR count). The average Bonchev–Trinajstić information content (AvgIpc) is 2.73. The molecule has 0 N–H and O–H groups in total. The van der Waals surface area contributed by atoms with Crippen LogP contribution in [0.1, 0.15) is 30.5 Å². The average molecular weight is 383 g/mol. The van der Waals surface area contributed by atoms with Crippen molar-refractivity contribution in [1.82, 2.24) is 0 Å². The van der Waals surface area contributed by atoms with Gasteiger partial charge in [0.25, 0.3) is 0 Å². The lowest BCUT2D eigenvalue weighted by Crippen LogP contribution is -2.12. The number of oxime groups is 1. The van der Waals surface area contributed by atoms with E-state index in [1.807, 2.05) is 62.4 Å². The Hall–Kier alpha value is -3.28. The van der Waals surface area contributed by atoms with Crippen LogP contribution in [0.2, 0.25) is 0 Å². The number of nitrogens with zero attached hydrogens (tertiary/aromatic N) is 1. The van der Waals surface area contributed by atoms with Crippen molar-refractivity contribution in [3.8, 4) is 5.75 Å². The Bertz CT molecular complexity index is 843. The predicted octanol–water partition coefficient (Wildman–Crippen LogP) is 4.23. The molecule has 0 aliphatic rings. The zero-order valence-corrected chi connectivity index (χ0v) is 16.6. The number of hydrogen-bond acceptors (Lipinski definition) is 6. The molecule has 148 valence electrons. The van der Waals surface area contributed by atoms with Gasteiger partial charge in [0.05, 0.1) is 19.9 Å². The molecule has 0 bridgehead atoms. The molecular weight excluding hydrogens is 358 g/mol. The largest absolute Gasteiger partial charge is 0.500 e. The van der Waals surface area contributed by atoms with Gasteiger partial charge in [-0.2, -0.15) is 0 Å². The molecule has 0 saturated carbocycles. The number of rotatable bonds is 9. The Kier molecular flexibility index (Phi) is 8.09. The van der Waals surface area contributed by atoms with E-state index in [0.29, 0.717) is 18.1 Å². The van der Waals surface area contributed by atoms with Crippen molar-refractivity contribution in [2.45, 2.75) is 26.9 Å². The lowest BCUT2D eigenvalue weighted by Gasteiger charge is -2.13. The van der Waals surface area contributed by atoms with E-state index in [0.717, 1.165) is 23.1 Å². The highest BCUT2D eigenvalue weighted by Gasteiger charge is 2.16. The third kappa shape index (κ3) is 5.87. The number of hydrogen-bond donors (Lipinski definition) is 0. The standard InChI is InChI=1S/C22H25NO5/c1-5-18-11-12-19(13-20(18)28-21(15-25-3)22(24)26-4)16(2)23-27-14-17-9-7-6-8-10-17/h6-13,15H,5,14H2,1-4H3. The molecule has 6 heteroatoms. The maximum absolute atomic E-state index is 11.9. The fraction of sp³-hybridized carbons (Fsp3) is 0.273. The minimum atomic E-state index is -0.620. The summed E-state index contributed by atoms with van der Waals surface area (Å²) in [5.41, 5.74) is 3.49. The summed E-state index contributed by atoms with van der Waals surface area (Å²) in [4.78, 5) is 17.3. The Morgan fingerprint density at radius 1 is 1.11 bits per heavy atom. The lowest BCUT2D eigenvalue weighted by molar-refractivity contribution is -0.138. The first-order valence-corrected chi connectivity index (χ1v) is 8.92. The first-order valence-electron chi connectivity index (χ1n) is 8.92. The Labute approximate surface area is 165 Å². The van der Waals surface area contributed by atoms with Gasteiger partial charge in [0.1, 0.15) is 18.6 Å². The van der Waals surface area contributed by atoms with Gasteiger partial charge in [-0.1, -0.05) is 54.5 Å². The topological polar surface area (TPSA) is 66.3 Å². The van der Waals surface area contributed by atoms with Gasteiger partial charge in [0.15, 0.2) is 0 Å². The van der Waals surface area contributed by atoms with E-state index in [-0.39, 0.29) is 5.76 Å². The summed E-state index contributed by atoms with van der Waals surface area (Å²) >= 11 is 0. The second-order valence-electron chi connectivity index (χ2n) is 5.92. The highest BCUT2D eigenvalue weighted by molar-refractivity contribution is 5.98. The highest BCUT2D eigenvalue weighted by Crippen LogP contribution is 2.24. The quantitative estimate of drug-likeness (QED) is 0.213. The van der Waals surface area contributed by atoms with Gasteiger partial charge in [-0.15, -0.1) is 0 Å². The minimum Gasteiger partial charge on any atom is -0.500 e. The number of carbonyl (C=O) groups is 1. The van der Waals surface area contributed by atoms with Crippen LogP contribution in [0.3, 0.4) is 0 Å². The molecule has 0 aromatic heterocycles. The van der Waals surface area contributed by atoms with Crippen molar-refractivity contribution in [3.05, 3.63) is 77.2 Å². The highest BCUT2D eigenvalue weighted by atomic mass is 16.6. The minimum absolute atomic E-state index is 0.0354. The summed E-state index contributed by atoms with van der Waals surface area (Å²) in [5, 5.41) is 4.18. The molecule has 0 atom stereocenters. The SMILES string of the molecule is CCc1ccc(C(C)=NOCc2ccccc2)cc1OC(=COC)C(=O)OC. The molecule has 28 heavy (non-hydrogen) atoms. The predicted molar refractivity (Wildman–Crippen MR) is 107 cm³/mol. The first kappa shape index (κ1) is 21.0. The van der Waals surface area contributed by atoms with E-state index in [1.165, 1.54) is 20.5 Å². The number of benzene rings is 2. The van der Waals surface area contributed by atoms with Crippen LogP contribution in [-0.2, 0) is 32.1 Å². The van der Waals surface area contributed by atoms with Crippen molar-refractivity contribution < 1.29 is 23.8 Å². The van der Waals surface area contributed by atoms with E-state index in [9.17, 15) is 4.79 Å². The fourth-order valence-corrected chi connectivity index (χ4v) is 2.44. The summed E-state index contributed by atoms with van der Waals surface area (Å²) in [5.74, 6) is -0.121. The normalized spacial score (nSPS) is 11.7. The molecule has 0 spiro atoms. The zero-order valence-electron chi connectivity index (χ0n) is 16.6. The third-order valence-corrected chi connectivity index (χ3v) is 3.97. The van der Waals surface area contributed by atoms with Crippen LogP contribution < -0.4 is 4.74 Å². The van der Waals surface area contributed by atoms with Crippen molar-refractivity contribution in [1.29, 1.82) is 0 Å². The third-order valence-electron chi connectivity index (χ3n) is 3.97. The molecule has 0 amide bonds. The molecule has 0 fully saturated rings. The molecule has 0 unspecified atom stereocenters. The number of carbonyl (C=O) groups excluding carboxylic acids is 1. The van der Waals surface area contributed by atoms with Crippen LogP contribution in [-0.4, -0.2) is 25.9 Å². The Balaban J connectivity index is 2.19. The fourth-order valence-electron chi connectivity index (χ4n) is 2.44. The second kappa shape index (κ2) is 10.8. The van der Waals surface area contributed by atoms with Crippen LogP contribution in [0.5, 0.6) is 5.75 Å². The van der Waals surface area contributed by atoms with Gasteiger partial charge in [0.2, 0.25) is 5.76 Å². The summed E-state index contributed by atoms with van der Waals surface area (Å²) in [6.45, 7) is 4.24. The Morgan fingerprint density at radius 3 is 2.50 bits per heavy atom. The molecule has 0 saturated heterocycles. The number of methoxy groups -OCH3 is 2. The van der Waals surface area contributed by atoms with Crippen LogP contribution in [0, 0.1) is 0 Å². The summed E-state index contributed by atoms with van der Waals surface area (Å²) in [7, 11) is 2.72. The molecular formula is C22H25NO5. The Morgan fingerprint density at radius 2 is 1.86 bits per heavy atom. The molecule has 0 aliphatic heterocycles. The van der Waals surface area contributed by atoms with Gasteiger partial charge in [-0.05, 0) is 30.5 Å². The van der Waals surface area contributed by atoms with Crippen LogP contribution in [0.25, 0.3) is 0 Å². The van der Waals surface area contributed by atoms with Crippen LogP contribution in [0.4, 0.5) is 0 Å². The molecule has 0 aliphatic carbocycles. The number of esters is 1. The molecule has 2 aromatic carbocycles. The van der Waals surface area contributed by atoms with Gasteiger partial charge in [0, 0.05) is 5.56 Å². The smallest absolute Gasteiger partial charge is 0.377 e. The molecule has 0 heterocycles. The van der Waals surface area contributed by atoms with E-state index in [1.54, 1.807) is 0 Å². The van der Waals surface area contributed by atoms with E-state index in [2.05, 4.69) is 5.16 Å². The summed E-state index contributed by atoms with van der Waals surface area (Å²) in [6, 6.07) is 15.5. The van der Waals surface area contributed by atoms with Gasteiger partial charge >= 0.3 is 5.97 Å². The maximum atomic E-state index is 11.9. The van der Waals surface area contributed by atoms with Crippen LogP contribution >= 0.6 is 0 Å². The van der Waals surface area contributed by atoms with Gasteiger partial charge in [-0.25, -0.2) is 4.79 Å². The zero-order chi connectivity index (χ0) is 20.4. The first-order chi connectivity index (χ1) is 13.6. The van der Waals surface area contributed by atoms with Crippen molar-refractivity contribution >= 4 is 11.7 Å². The molecule has 0 radical (unpaired) electrons. The molecule has 6 nitrogen and oxygen atoms in total. The van der Waals surface area contributed by atoms with Gasteiger partial charge in [-0.3, -0.25) is 0 Å².